The van der Waals surface area contributed by atoms with Crippen LogP contribution in [0, 0.1) is 0 Å². The molecule has 0 aliphatic carbocycles. The second kappa shape index (κ2) is 3.17. The molecule has 0 amide bonds. The van der Waals surface area contributed by atoms with Gasteiger partial charge in [0.1, 0.15) is 6.10 Å². The Bertz CT molecular complexity index is 153. The molecule has 0 radical (unpaired) electrons. The fourth-order valence-corrected chi connectivity index (χ4v) is 0.759. The fourth-order valence-electron chi connectivity index (χ4n) is 0.759. The zero-order valence-electron chi connectivity index (χ0n) is 5.80. The molecule has 1 rings (SSSR count). The Balaban J connectivity index is 2.22. The standard InChI is InChI=1S/C6H10O5/c7-3(5-2-11-5)1-4(8)6(9)10/h3-5,7-8H,1-2H2,(H,9,10)/t3-,4-,5-/m1/s1. The van der Waals surface area contributed by atoms with Crippen molar-refractivity contribution >= 4 is 5.97 Å². The molecule has 1 aliphatic rings. The second-order valence-electron chi connectivity index (χ2n) is 2.53. The molecule has 0 aromatic heterocycles. The molecule has 1 aliphatic heterocycles. The highest BCUT2D eigenvalue weighted by molar-refractivity contribution is 5.71. The molecule has 3 atom stereocenters. The van der Waals surface area contributed by atoms with Gasteiger partial charge in [-0.05, 0) is 0 Å². The van der Waals surface area contributed by atoms with Crippen molar-refractivity contribution in [1.29, 1.82) is 0 Å². The Morgan fingerprint density at radius 3 is 2.55 bits per heavy atom. The van der Waals surface area contributed by atoms with E-state index in [2.05, 4.69) is 0 Å². The van der Waals surface area contributed by atoms with E-state index in [4.69, 9.17) is 20.1 Å². The first-order chi connectivity index (χ1) is 5.11. The fraction of sp³-hybridized carbons (Fsp3) is 0.833. The van der Waals surface area contributed by atoms with E-state index in [9.17, 15) is 4.79 Å². The Morgan fingerprint density at radius 2 is 2.18 bits per heavy atom. The molecule has 1 heterocycles. The van der Waals surface area contributed by atoms with Crippen LogP contribution in [0.5, 0.6) is 0 Å². The van der Waals surface area contributed by atoms with Gasteiger partial charge in [-0.1, -0.05) is 0 Å². The first kappa shape index (κ1) is 8.45. The summed E-state index contributed by atoms with van der Waals surface area (Å²) in [5, 5.41) is 26.0. The van der Waals surface area contributed by atoms with Gasteiger partial charge in [0.25, 0.3) is 0 Å². The number of aliphatic hydroxyl groups is 2. The molecule has 0 spiro atoms. The van der Waals surface area contributed by atoms with Crippen molar-refractivity contribution in [3.63, 3.8) is 0 Å². The lowest BCUT2D eigenvalue weighted by Crippen LogP contribution is -2.28. The van der Waals surface area contributed by atoms with Crippen molar-refractivity contribution in [3.05, 3.63) is 0 Å². The highest BCUT2D eigenvalue weighted by Gasteiger charge is 2.33. The first-order valence-corrected chi connectivity index (χ1v) is 3.32. The van der Waals surface area contributed by atoms with Crippen molar-refractivity contribution in [2.75, 3.05) is 6.61 Å². The van der Waals surface area contributed by atoms with Crippen LogP contribution in [-0.2, 0) is 9.53 Å². The number of epoxide rings is 1. The monoisotopic (exact) mass is 162 g/mol. The van der Waals surface area contributed by atoms with Crippen LogP contribution in [0.3, 0.4) is 0 Å². The zero-order valence-corrected chi connectivity index (χ0v) is 5.80. The first-order valence-electron chi connectivity index (χ1n) is 3.32. The minimum Gasteiger partial charge on any atom is -0.479 e. The molecular formula is C6H10O5. The third-order valence-corrected chi connectivity index (χ3v) is 1.54. The zero-order chi connectivity index (χ0) is 8.43. The van der Waals surface area contributed by atoms with Crippen LogP contribution in [0.25, 0.3) is 0 Å². The van der Waals surface area contributed by atoms with Gasteiger partial charge in [-0.2, -0.15) is 0 Å². The summed E-state index contributed by atoms with van der Waals surface area (Å²) in [7, 11) is 0. The molecule has 0 saturated carbocycles. The van der Waals surface area contributed by atoms with Crippen molar-refractivity contribution in [2.45, 2.75) is 24.7 Å². The number of carboxylic acids is 1. The number of ether oxygens (including phenoxy) is 1. The van der Waals surface area contributed by atoms with Crippen LogP contribution in [-0.4, -0.2) is 46.2 Å². The van der Waals surface area contributed by atoms with Gasteiger partial charge in [0.2, 0.25) is 0 Å². The predicted molar refractivity (Wildman–Crippen MR) is 34.0 cm³/mol. The van der Waals surface area contributed by atoms with E-state index in [1.807, 2.05) is 0 Å². The topological polar surface area (TPSA) is 90.3 Å². The van der Waals surface area contributed by atoms with Gasteiger partial charge in [0.15, 0.2) is 6.10 Å². The van der Waals surface area contributed by atoms with Crippen molar-refractivity contribution in [2.24, 2.45) is 0 Å². The maximum atomic E-state index is 10.1. The van der Waals surface area contributed by atoms with Crippen molar-refractivity contribution in [3.8, 4) is 0 Å². The van der Waals surface area contributed by atoms with Crippen LogP contribution >= 0.6 is 0 Å². The van der Waals surface area contributed by atoms with Crippen LogP contribution in [0.1, 0.15) is 6.42 Å². The largest absolute Gasteiger partial charge is 0.479 e. The number of aliphatic carboxylic acids is 1. The maximum Gasteiger partial charge on any atom is 0.332 e. The van der Waals surface area contributed by atoms with Gasteiger partial charge in [0.05, 0.1) is 12.7 Å². The number of hydrogen-bond acceptors (Lipinski definition) is 4. The molecule has 0 aromatic carbocycles. The van der Waals surface area contributed by atoms with Crippen LogP contribution in [0.15, 0.2) is 0 Å². The van der Waals surface area contributed by atoms with Gasteiger partial charge in [0, 0.05) is 6.42 Å². The average Bonchev–Trinajstić information content (AvgIpc) is 2.67. The summed E-state index contributed by atoms with van der Waals surface area (Å²) in [6.07, 6.45) is -2.79. The van der Waals surface area contributed by atoms with Crippen LogP contribution in [0.2, 0.25) is 0 Å². The number of carboxylic acid groups (broad SMARTS) is 1. The van der Waals surface area contributed by atoms with Crippen LogP contribution in [0.4, 0.5) is 0 Å². The lowest BCUT2D eigenvalue weighted by atomic mass is 10.1. The highest BCUT2D eigenvalue weighted by Crippen LogP contribution is 2.17. The van der Waals surface area contributed by atoms with E-state index in [1.165, 1.54) is 0 Å². The third-order valence-electron chi connectivity index (χ3n) is 1.54. The Labute approximate surface area is 63.2 Å². The van der Waals surface area contributed by atoms with E-state index >= 15 is 0 Å². The number of rotatable bonds is 4. The van der Waals surface area contributed by atoms with E-state index in [0.29, 0.717) is 6.61 Å². The predicted octanol–water partition coefficient (Wildman–Crippen LogP) is -1.42. The van der Waals surface area contributed by atoms with E-state index in [1.54, 1.807) is 0 Å². The number of aliphatic hydroxyl groups excluding tert-OH is 2. The summed E-state index contributed by atoms with van der Waals surface area (Å²) in [5.41, 5.74) is 0. The molecule has 1 fully saturated rings. The normalized spacial score (nSPS) is 27.6. The van der Waals surface area contributed by atoms with Gasteiger partial charge in [-0.25, -0.2) is 4.79 Å². The third kappa shape index (κ3) is 2.45. The molecule has 3 N–H and O–H groups in total. The lowest BCUT2D eigenvalue weighted by molar-refractivity contribution is -0.148. The van der Waals surface area contributed by atoms with Gasteiger partial charge in [-0.3, -0.25) is 0 Å². The van der Waals surface area contributed by atoms with Crippen LogP contribution < -0.4 is 0 Å². The smallest absolute Gasteiger partial charge is 0.332 e. The molecule has 5 nitrogen and oxygen atoms in total. The Hall–Kier alpha value is -0.650. The molecule has 1 saturated heterocycles. The summed E-state index contributed by atoms with van der Waals surface area (Å²) in [6.45, 7) is 0.452. The Kier molecular flexibility index (Phi) is 2.43. The lowest BCUT2D eigenvalue weighted by Gasteiger charge is -2.08. The second-order valence-corrected chi connectivity index (χ2v) is 2.53. The minimum absolute atomic E-state index is 0.167. The van der Waals surface area contributed by atoms with E-state index in [0.717, 1.165) is 0 Å². The molecule has 11 heavy (non-hydrogen) atoms. The van der Waals surface area contributed by atoms with E-state index < -0.39 is 18.2 Å². The Morgan fingerprint density at radius 1 is 1.64 bits per heavy atom. The average molecular weight is 162 g/mol. The van der Waals surface area contributed by atoms with Crippen molar-refractivity contribution < 1.29 is 24.9 Å². The number of hydrogen-bond donors (Lipinski definition) is 3. The van der Waals surface area contributed by atoms with Gasteiger partial charge >= 0.3 is 5.97 Å². The molecule has 5 heteroatoms. The van der Waals surface area contributed by atoms with Gasteiger partial charge < -0.3 is 20.1 Å². The van der Waals surface area contributed by atoms with Crippen molar-refractivity contribution in [1.82, 2.24) is 0 Å². The SMILES string of the molecule is O=C(O)[C@H](O)C[C@@H](O)[C@H]1CO1. The molecule has 0 bridgehead atoms. The summed E-state index contributed by atoms with van der Waals surface area (Å²) >= 11 is 0. The minimum atomic E-state index is -1.49. The molecule has 0 aromatic rings. The molecule has 0 unspecified atom stereocenters. The summed E-state index contributed by atoms with van der Waals surface area (Å²) < 4.78 is 4.70. The highest BCUT2D eigenvalue weighted by atomic mass is 16.6. The number of carbonyl (C=O) groups is 1. The summed E-state index contributed by atoms with van der Waals surface area (Å²) in [6, 6.07) is 0. The summed E-state index contributed by atoms with van der Waals surface area (Å²) in [4.78, 5) is 10.1. The maximum absolute atomic E-state index is 10.1. The van der Waals surface area contributed by atoms with E-state index in [-0.39, 0.29) is 12.5 Å². The molecular weight excluding hydrogens is 152 g/mol. The summed E-state index contributed by atoms with van der Waals surface area (Å²) in [5.74, 6) is -1.32. The van der Waals surface area contributed by atoms with Gasteiger partial charge in [-0.15, -0.1) is 0 Å². The molecule has 64 valence electrons. The quantitative estimate of drug-likeness (QED) is 0.441.